The fourth-order valence-electron chi connectivity index (χ4n) is 4.12. The Labute approximate surface area is 225 Å². The van der Waals surface area contributed by atoms with Gasteiger partial charge in [-0.1, -0.05) is 82.7 Å². The molecule has 0 heterocycles. The lowest BCUT2D eigenvalue weighted by atomic mass is 9.91. The molecule has 2 aromatic rings. The van der Waals surface area contributed by atoms with Crippen LogP contribution in [0.4, 0.5) is 4.39 Å². The van der Waals surface area contributed by atoms with E-state index in [1.165, 1.54) is 56.4 Å². The zero-order chi connectivity index (χ0) is 27.6. The van der Waals surface area contributed by atoms with Crippen LogP contribution >= 0.6 is 0 Å². The lowest BCUT2D eigenvalue weighted by Crippen LogP contribution is -2.33. The molecule has 1 atom stereocenters. The van der Waals surface area contributed by atoms with Gasteiger partial charge in [0.25, 0.3) is 0 Å². The van der Waals surface area contributed by atoms with Crippen molar-refractivity contribution in [3.05, 3.63) is 72.6 Å². The summed E-state index contributed by atoms with van der Waals surface area (Å²) >= 11 is 0. The van der Waals surface area contributed by atoms with Crippen LogP contribution in [0.1, 0.15) is 87.9 Å². The third kappa shape index (κ3) is 10.4. The molecule has 2 aromatic carbocycles. The molecule has 0 aromatic heterocycles. The molecular weight excluding hydrogens is 485 g/mol. The van der Waals surface area contributed by atoms with Crippen molar-refractivity contribution in [3.63, 3.8) is 0 Å². The summed E-state index contributed by atoms with van der Waals surface area (Å²) < 4.78 is 30.4. The van der Waals surface area contributed by atoms with Gasteiger partial charge in [0.2, 0.25) is 0 Å². The van der Waals surface area contributed by atoms with Crippen LogP contribution < -0.4 is 9.47 Å². The molecule has 0 aliphatic carbocycles. The Bertz CT molecular complexity index is 1080. The van der Waals surface area contributed by atoms with Crippen LogP contribution in [0.15, 0.2) is 61.2 Å². The van der Waals surface area contributed by atoms with E-state index in [2.05, 4.69) is 19.6 Å². The fraction of sp³-hybridized carbons (Fsp3) is 0.452. The first-order valence-corrected chi connectivity index (χ1v) is 13.4. The van der Waals surface area contributed by atoms with E-state index in [4.69, 9.17) is 14.2 Å². The second kappa shape index (κ2) is 17.0. The molecule has 1 unspecified atom stereocenters. The number of esters is 2. The highest BCUT2D eigenvalue weighted by Gasteiger charge is 2.33. The smallest absolute Gasteiger partial charge is 0.347 e. The number of rotatable bonds is 18. The summed E-state index contributed by atoms with van der Waals surface area (Å²) in [5, 5.41) is 9.92. The molecule has 0 radical (unpaired) electrons. The first-order chi connectivity index (χ1) is 18.4. The minimum Gasteiger partial charge on any atom is -0.493 e. The molecule has 0 aliphatic rings. The Kier molecular flexibility index (Phi) is 13.6. The van der Waals surface area contributed by atoms with Crippen LogP contribution in [0.25, 0.3) is 0 Å². The van der Waals surface area contributed by atoms with Crippen LogP contribution in [0.5, 0.6) is 11.5 Å². The van der Waals surface area contributed by atoms with Gasteiger partial charge in [-0.05, 0) is 37.1 Å². The molecule has 38 heavy (non-hydrogen) atoms. The Morgan fingerprint density at radius 3 is 2.18 bits per heavy atom. The molecule has 204 valence electrons. The summed E-state index contributed by atoms with van der Waals surface area (Å²) in [6, 6.07) is 14.4. The van der Waals surface area contributed by atoms with Gasteiger partial charge in [-0.25, -0.2) is 14.0 Å². The van der Waals surface area contributed by atoms with E-state index in [1.807, 2.05) is 0 Å². The van der Waals surface area contributed by atoms with Crippen LogP contribution in [-0.2, 0) is 9.53 Å². The first kappa shape index (κ1) is 30.6. The zero-order valence-electron chi connectivity index (χ0n) is 22.3. The maximum atomic E-state index is 13.9. The highest BCUT2D eigenvalue weighted by molar-refractivity contribution is 5.94. The Morgan fingerprint density at radius 1 is 0.921 bits per heavy atom. The van der Waals surface area contributed by atoms with Gasteiger partial charge in [0.15, 0.2) is 17.2 Å². The summed E-state index contributed by atoms with van der Waals surface area (Å²) in [7, 11) is 0. The molecule has 0 aliphatic heterocycles. The Balaban J connectivity index is 1.92. The number of benzene rings is 2. The van der Waals surface area contributed by atoms with Crippen molar-refractivity contribution in [1.29, 1.82) is 5.26 Å². The van der Waals surface area contributed by atoms with Crippen molar-refractivity contribution in [2.45, 2.75) is 83.2 Å². The number of nitriles is 1. The van der Waals surface area contributed by atoms with Crippen molar-refractivity contribution >= 4 is 11.9 Å². The quantitative estimate of drug-likeness (QED) is 0.0860. The average Bonchev–Trinajstić information content (AvgIpc) is 2.93. The van der Waals surface area contributed by atoms with Gasteiger partial charge in [0.05, 0.1) is 6.61 Å². The summed E-state index contributed by atoms with van der Waals surface area (Å²) in [5.41, 5.74) is -1.11. The lowest BCUT2D eigenvalue weighted by molar-refractivity contribution is -0.149. The predicted molar refractivity (Wildman–Crippen MR) is 144 cm³/mol. The molecule has 0 bridgehead atoms. The average molecular weight is 524 g/mol. The van der Waals surface area contributed by atoms with Gasteiger partial charge in [-0.2, -0.15) is 5.26 Å². The zero-order valence-corrected chi connectivity index (χ0v) is 22.3. The highest BCUT2D eigenvalue weighted by Crippen LogP contribution is 2.27. The van der Waals surface area contributed by atoms with Gasteiger partial charge in [0.1, 0.15) is 17.4 Å². The number of para-hydroxylation sites is 2. The van der Waals surface area contributed by atoms with Crippen molar-refractivity contribution in [2.24, 2.45) is 0 Å². The molecule has 2 rings (SSSR count). The summed E-state index contributed by atoms with van der Waals surface area (Å²) in [4.78, 5) is 24.6. The topological polar surface area (TPSA) is 85.6 Å². The van der Waals surface area contributed by atoms with E-state index in [1.54, 1.807) is 24.3 Å². The van der Waals surface area contributed by atoms with E-state index in [9.17, 15) is 19.2 Å². The largest absolute Gasteiger partial charge is 0.493 e. The number of unbranched alkanes of at least 4 members (excludes halogenated alkanes) is 7. The minimum absolute atomic E-state index is 0.152. The summed E-state index contributed by atoms with van der Waals surface area (Å²) in [6.07, 6.45) is 11.1. The van der Waals surface area contributed by atoms with Gasteiger partial charge in [-0.3, -0.25) is 0 Å². The summed E-state index contributed by atoms with van der Waals surface area (Å²) in [5.74, 6) is -1.91. The molecule has 0 spiro atoms. The normalized spacial score (nSPS) is 12.1. The van der Waals surface area contributed by atoms with Gasteiger partial charge in [0, 0.05) is 18.9 Å². The molecule has 0 saturated carbocycles. The van der Waals surface area contributed by atoms with Gasteiger partial charge >= 0.3 is 11.9 Å². The number of hydrogen-bond acceptors (Lipinski definition) is 6. The van der Waals surface area contributed by atoms with E-state index in [-0.39, 0.29) is 30.1 Å². The maximum Gasteiger partial charge on any atom is 0.347 e. The van der Waals surface area contributed by atoms with Crippen molar-refractivity contribution in [3.8, 4) is 17.6 Å². The number of ether oxygens (including phenoxy) is 3. The molecule has 6 nitrogen and oxygen atoms in total. The molecule has 0 fully saturated rings. The van der Waals surface area contributed by atoms with Gasteiger partial charge < -0.3 is 14.2 Å². The maximum absolute atomic E-state index is 13.9. The van der Waals surface area contributed by atoms with Crippen LogP contribution in [0, 0.1) is 17.1 Å². The van der Waals surface area contributed by atoms with E-state index < -0.39 is 23.4 Å². The SMILES string of the molecule is C=CC(=O)OC(C#N)(CCCCCCCCCC)CCCOc1ccccc1C(=O)Oc1ccccc1F. The van der Waals surface area contributed by atoms with E-state index in [0.717, 1.165) is 25.3 Å². The number of hydrogen-bond donors (Lipinski definition) is 0. The van der Waals surface area contributed by atoms with E-state index in [0.29, 0.717) is 12.8 Å². The van der Waals surface area contributed by atoms with Gasteiger partial charge in [-0.15, -0.1) is 0 Å². The van der Waals surface area contributed by atoms with Crippen molar-refractivity contribution < 1.29 is 28.2 Å². The second-order valence-corrected chi connectivity index (χ2v) is 9.22. The number of halogens is 1. The second-order valence-electron chi connectivity index (χ2n) is 9.22. The van der Waals surface area contributed by atoms with Crippen LogP contribution in [0.3, 0.4) is 0 Å². The van der Waals surface area contributed by atoms with Crippen molar-refractivity contribution in [2.75, 3.05) is 6.61 Å². The Morgan fingerprint density at radius 2 is 1.53 bits per heavy atom. The van der Waals surface area contributed by atoms with Crippen molar-refractivity contribution in [1.82, 2.24) is 0 Å². The number of carbonyl (C=O) groups excluding carboxylic acids is 2. The van der Waals surface area contributed by atoms with E-state index >= 15 is 0 Å². The molecule has 0 N–H and O–H groups in total. The monoisotopic (exact) mass is 523 g/mol. The Hall–Kier alpha value is -3.66. The highest BCUT2D eigenvalue weighted by atomic mass is 19.1. The van der Waals surface area contributed by atoms with Crippen LogP contribution in [0.2, 0.25) is 0 Å². The predicted octanol–water partition coefficient (Wildman–Crippen LogP) is 7.73. The standard InChI is InChI=1S/C31H38FNO5/c1-3-5-6-7-8-9-10-15-21-31(24-33,38-29(34)4-2)22-16-23-36-27-19-13-11-17-25(27)30(35)37-28-20-14-12-18-26(28)32/h4,11-14,17-20H,2-3,5-10,15-16,21-23H2,1H3. The summed E-state index contributed by atoms with van der Waals surface area (Å²) in [6.45, 7) is 5.82. The first-order valence-electron chi connectivity index (χ1n) is 13.4. The molecule has 0 amide bonds. The third-order valence-corrected chi connectivity index (χ3v) is 6.23. The minimum atomic E-state index is -1.26. The molecule has 7 heteroatoms. The fourth-order valence-corrected chi connectivity index (χ4v) is 4.12. The number of carbonyl (C=O) groups is 2. The van der Waals surface area contributed by atoms with Crippen LogP contribution in [-0.4, -0.2) is 24.1 Å². The number of nitrogens with zero attached hydrogens (tertiary/aromatic N) is 1. The molecular formula is C31H38FNO5. The lowest BCUT2D eigenvalue weighted by Gasteiger charge is -2.26. The molecule has 0 saturated heterocycles. The third-order valence-electron chi connectivity index (χ3n) is 6.23.